The third kappa shape index (κ3) is 1.06. The predicted molar refractivity (Wildman–Crippen MR) is 41.7 cm³/mol. The SMILES string of the molecule is CC1CN(C2CC2)CC1N. The van der Waals surface area contributed by atoms with Crippen LogP contribution in [0, 0.1) is 5.92 Å². The van der Waals surface area contributed by atoms with Crippen molar-refractivity contribution in [2.45, 2.75) is 31.8 Å². The zero-order valence-electron chi connectivity index (χ0n) is 6.59. The van der Waals surface area contributed by atoms with Crippen LogP contribution in [0.2, 0.25) is 0 Å². The van der Waals surface area contributed by atoms with Gasteiger partial charge in [0.05, 0.1) is 0 Å². The first-order chi connectivity index (χ1) is 4.77. The van der Waals surface area contributed by atoms with Gasteiger partial charge >= 0.3 is 0 Å². The van der Waals surface area contributed by atoms with E-state index in [1.807, 2.05) is 0 Å². The molecule has 0 amide bonds. The van der Waals surface area contributed by atoms with E-state index in [1.165, 1.54) is 19.4 Å². The van der Waals surface area contributed by atoms with E-state index in [9.17, 15) is 0 Å². The lowest BCUT2D eigenvalue weighted by Crippen LogP contribution is -2.29. The molecule has 1 aliphatic heterocycles. The van der Waals surface area contributed by atoms with Crippen molar-refractivity contribution in [2.24, 2.45) is 11.7 Å². The summed E-state index contributed by atoms with van der Waals surface area (Å²) in [7, 11) is 0. The average Bonchev–Trinajstić information content (AvgIpc) is 2.64. The topological polar surface area (TPSA) is 29.3 Å². The van der Waals surface area contributed by atoms with Gasteiger partial charge in [-0.2, -0.15) is 0 Å². The Hall–Kier alpha value is -0.0800. The summed E-state index contributed by atoms with van der Waals surface area (Å²) < 4.78 is 0. The third-order valence-electron chi connectivity index (χ3n) is 2.76. The third-order valence-corrected chi connectivity index (χ3v) is 2.76. The molecule has 58 valence electrons. The zero-order valence-corrected chi connectivity index (χ0v) is 6.59. The highest BCUT2D eigenvalue weighted by Gasteiger charge is 2.36. The molecular weight excluding hydrogens is 124 g/mol. The van der Waals surface area contributed by atoms with Crippen molar-refractivity contribution in [3.63, 3.8) is 0 Å². The first-order valence-electron chi connectivity index (χ1n) is 4.27. The number of likely N-dealkylation sites (tertiary alicyclic amines) is 1. The van der Waals surface area contributed by atoms with E-state index >= 15 is 0 Å². The van der Waals surface area contributed by atoms with Crippen LogP contribution in [-0.4, -0.2) is 30.1 Å². The minimum absolute atomic E-state index is 0.445. The van der Waals surface area contributed by atoms with Crippen LogP contribution in [0.4, 0.5) is 0 Å². The van der Waals surface area contributed by atoms with Crippen molar-refractivity contribution in [1.29, 1.82) is 0 Å². The van der Waals surface area contributed by atoms with E-state index in [-0.39, 0.29) is 0 Å². The van der Waals surface area contributed by atoms with E-state index in [0.29, 0.717) is 6.04 Å². The van der Waals surface area contributed by atoms with Crippen molar-refractivity contribution in [1.82, 2.24) is 4.90 Å². The van der Waals surface area contributed by atoms with Crippen LogP contribution in [0.5, 0.6) is 0 Å². The molecule has 0 radical (unpaired) electrons. The highest BCUT2D eigenvalue weighted by molar-refractivity contribution is 4.93. The van der Waals surface area contributed by atoms with Crippen LogP contribution >= 0.6 is 0 Å². The van der Waals surface area contributed by atoms with E-state index in [1.54, 1.807) is 0 Å². The predicted octanol–water partition coefficient (Wildman–Crippen LogP) is 0.428. The van der Waals surface area contributed by atoms with Crippen molar-refractivity contribution in [3.05, 3.63) is 0 Å². The second-order valence-corrected chi connectivity index (χ2v) is 3.83. The summed E-state index contributed by atoms with van der Waals surface area (Å²) >= 11 is 0. The highest BCUT2D eigenvalue weighted by Crippen LogP contribution is 2.30. The number of rotatable bonds is 1. The standard InChI is InChI=1S/C8H16N2/c1-6-4-10(5-8(6)9)7-2-3-7/h6-8H,2-5,9H2,1H3. The molecule has 1 saturated carbocycles. The average molecular weight is 140 g/mol. The molecule has 0 bridgehead atoms. The van der Waals surface area contributed by atoms with Gasteiger partial charge in [0.2, 0.25) is 0 Å². The van der Waals surface area contributed by atoms with E-state index in [4.69, 9.17) is 5.73 Å². The number of nitrogens with two attached hydrogens (primary N) is 1. The second-order valence-electron chi connectivity index (χ2n) is 3.83. The second kappa shape index (κ2) is 2.21. The van der Waals surface area contributed by atoms with Crippen molar-refractivity contribution >= 4 is 0 Å². The summed E-state index contributed by atoms with van der Waals surface area (Å²) in [5.41, 5.74) is 5.89. The molecule has 0 aromatic carbocycles. The van der Waals surface area contributed by atoms with Gasteiger partial charge in [-0.05, 0) is 18.8 Å². The summed E-state index contributed by atoms with van der Waals surface area (Å²) in [5, 5.41) is 0. The lowest BCUT2D eigenvalue weighted by atomic mass is 10.1. The van der Waals surface area contributed by atoms with Crippen LogP contribution in [-0.2, 0) is 0 Å². The van der Waals surface area contributed by atoms with Crippen molar-refractivity contribution in [2.75, 3.05) is 13.1 Å². The molecule has 2 atom stereocenters. The maximum absolute atomic E-state index is 5.89. The molecule has 2 aliphatic rings. The Kier molecular flexibility index (Phi) is 1.46. The number of hydrogen-bond donors (Lipinski definition) is 1. The van der Waals surface area contributed by atoms with Gasteiger partial charge in [0.1, 0.15) is 0 Å². The van der Waals surface area contributed by atoms with E-state index in [0.717, 1.165) is 18.5 Å². The monoisotopic (exact) mass is 140 g/mol. The van der Waals surface area contributed by atoms with Crippen LogP contribution < -0.4 is 5.73 Å². The summed E-state index contributed by atoms with van der Waals surface area (Å²) in [6.45, 7) is 4.64. The Bertz CT molecular complexity index is 121. The first kappa shape index (κ1) is 6.62. The molecule has 1 saturated heterocycles. The summed E-state index contributed by atoms with van der Waals surface area (Å²) in [6, 6.07) is 1.36. The summed E-state index contributed by atoms with van der Waals surface area (Å²) in [6.07, 6.45) is 2.83. The molecule has 2 heteroatoms. The molecule has 0 aromatic rings. The van der Waals surface area contributed by atoms with Crippen LogP contribution in [0.15, 0.2) is 0 Å². The minimum Gasteiger partial charge on any atom is -0.326 e. The van der Waals surface area contributed by atoms with Crippen molar-refractivity contribution in [3.8, 4) is 0 Å². The van der Waals surface area contributed by atoms with Gasteiger partial charge in [-0.1, -0.05) is 6.92 Å². The lowest BCUT2D eigenvalue weighted by Gasteiger charge is -2.12. The molecular formula is C8H16N2. The van der Waals surface area contributed by atoms with E-state index in [2.05, 4.69) is 11.8 Å². The van der Waals surface area contributed by atoms with Crippen LogP contribution in [0.1, 0.15) is 19.8 Å². The van der Waals surface area contributed by atoms with Crippen LogP contribution in [0.25, 0.3) is 0 Å². The fraction of sp³-hybridized carbons (Fsp3) is 1.00. The van der Waals surface area contributed by atoms with Gasteiger partial charge in [0.15, 0.2) is 0 Å². The van der Waals surface area contributed by atoms with E-state index < -0.39 is 0 Å². The highest BCUT2D eigenvalue weighted by atomic mass is 15.2. The molecule has 10 heavy (non-hydrogen) atoms. The smallest absolute Gasteiger partial charge is 0.0206 e. The van der Waals surface area contributed by atoms with Crippen molar-refractivity contribution < 1.29 is 0 Å². The molecule has 0 spiro atoms. The van der Waals surface area contributed by atoms with Gasteiger partial charge in [0, 0.05) is 25.2 Å². The Morgan fingerprint density at radius 1 is 1.30 bits per heavy atom. The zero-order chi connectivity index (χ0) is 7.14. The van der Waals surface area contributed by atoms with Gasteiger partial charge in [-0.15, -0.1) is 0 Å². The van der Waals surface area contributed by atoms with Gasteiger partial charge in [-0.25, -0.2) is 0 Å². The molecule has 0 aromatic heterocycles. The fourth-order valence-electron chi connectivity index (χ4n) is 1.77. The molecule has 2 N–H and O–H groups in total. The maximum atomic E-state index is 5.89. The normalized spacial score (nSPS) is 42.6. The van der Waals surface area contributed by atoms with Gasteiger partial charge in [-0.3, -0.25) is 4.90 Å². The first-order valence-corrected chi connectivity index (χ1v) is 4.27. The molecule has 2 fully saturated rings. The van der Waals surface area contributed by atoms with Gasteiger partial charge < -0.3 is 5.73 Å². The Labute approximate surface area is 62.4 Å². The van der Waals surface area contributed by atoms with Crippen LogP contribution in [0.3, 0.4) is 0 Å². The Morgan fingerprint density at radius 2 is 2.00 bits per heavy atom. The minimum atomic E-state index is 0.445. The largest absolute Gasteiger partial charge is 0.326 e. The Morgan fingerprint density at radius 3 is 2.40 bits per heavy atom. The molecule has 2 nitrogen and oxygen atoms in total. The maximum Gasteiger partial charge on any atom is 0.0206 e. The molecule has 2 rings (SSSR count). The lowest BCUT2D eigenvalue weighted by molar-refractivity contribution is 0.316. The molecule has 1 heterocycles. The van der Waals surface area contributed by atoms with Gasteiger partial charge in [0.25, 0.3) is 0 Å². The number of hydrogen-bond acceptors (Lipinski definition) is 2. The number of nitrogens with zero attached hydrogens (tertiary/aromatic N) is 1. The summed E-state index contributed by atoms with van der Waals surface area (Å²) in [5.74, 6) is 0.723. The molecule has 1 aliphatic carbocycles. The molecule has 2 unspecified atom stereocenters. The quantitative estimate of drug-likeness (QED) is 0.572. The Balaban J connectivity index is 1.90. The fourth-order valence-corrected chi connectivity index (χ4v) is 1.77. The summed E-state index contributed by atoms with van der Waals surface area (Å²) in [4.78, 5) is 2.55.